The number of anilines is 2. The Morgan fingerprint density at radius 3 is 2.67 bits per heavy atom. The Balaban J connectivity index is 1.32. The van der Waals surface area contributed by atoms with Gasteiger partial charge in [0.05, 0.1) is 40.7 Å². The molecule has 3 aromatic carbocycles. The molecule has 5 aromatic rings. The Morgan fingerprint density at radius 2 is 1.90 bits per heavy atom. The van der Waals surface area contributed by atoms with Crippen LogP contribution in [-0.2, 0) is 23.0 Å². The predicted molar refractivity (Wildman–Crippen MR) is 151 cm³/mol. The van der Waals surface area contributed by atoms with E-state index < -0.39 is 10.0 Å². The first-order valence-corrected chi connectivity index (χ1v) is 14.7. The number of aryl methyl sites for hydroxylation is 1. The molecule has 0 unspecified atom stereocenters. The Hall–Kier alpha value is -4.15. The van der Waals surface area contributed by atoms with Crippen LogP contribution in [-0.4, -0.2) is 33.0 Å². The van der Waals surface area contributed by atoms with Crippen molar-refractivity contribution in [1.29, 1.82) is 0 Å². The van der Waals surface area contributed by atoms with Crippen LogP contribution < -0.4 is 13.9 Å². The lowest BCUT2D eigenvalue weighted by Gasteiger charge is -2.30. The van der Waals surface area contributed by atoms with Gasteiger partial charge >= 0.3 is 0 Å². The largest absolute Gasteiger partial charge is 0.497 e. The summed E-state index contributed by atoms with van der Waals surface area (Å²) >= 11 is 1.37. The average Bonchev–Trinajstić information content (AvgIpc) is 3.64. The summed E-state index contributed by atoms with van der Waals surface area (Å²) in [6.07, 6.45) is 3.15. The number of ether oxygens (including phenoxy) is 1. The molecular weight excluding hydrogens is 534 g/mol. The van der Waals surface area contributed by atoms with E-state index in [-0.39, 0.29) is 17.3 Å². The molecule has 3 heterocycles. The molecule has 198 valence electrons. The Bertz CT molecular complexity index is 1750. The highest BCUT2D eigenvalue weighted by molar-refractivity contribution is 7.92. The molecule has 39 heavy (non-hydrogen) atoms. The molecule has 0 radical (unpaired) electrons. The SMILES string of the molecule is COc1ccc2nc(N(Cc3ccco3)C(=O)c3ccc(S(=O)(=O)N4CCCc5ccccc54)cc3)sc2c1. The van der Waals surface area contributed by atoms with Crippen LogP contribution in [0.3, 0.4) is 0 Å². The highest BCUT2D eigenvalue weighted by atomic mass is 32.2. The van der Waals surface area contributed by atoms with Crippen LogP contribution in [0.2, 0.25) is 0 Å². The monoisotopic (exact) mass is 559 g/mol. The predicted octanol–water partition coefficient (Wildman–Crippen LogP) is 5.89. The summed E-state index contributed by atoms with van der Waals surface area (Å²) in [4.78, 5) is 20.1. The second-order valence-corrected chi connectivity index (χ2v) is 12.0. The van der Waals surface area contributed by atoms with Crippen molar-refractivity contribution in [1.82, 2.24) is 4.98 Å². The number of benzene rings is 3. The fraction of sp³-hybridized carbons (Fsp3) is 0.172. The molecular formula is C29H25N3O5S2. The van der Waals surface area contributed by atoms with Gasteiger partial charge in [-0.15, -0.1) is 0 Å². The molecule has 6 rings (SSSR count). The molecule has 0 atom stereocenters. The third-order valence-electron chi connectivity index (χ3n) is 6.71. The first-order chi connectivity index (χ1) is 18.9. The molecule has 0 saturated carbocycles. The number of furan rings is 1. The zero-order chi connectivity index (χ0) is 27.0. The number of nitrogens with zero attached hydrogens (tertiary/aromatic N) is 3. The van der Waals surface area contributed by atoms with Gasteiger partial charge in [0.2, 0.25) is 0 Å². The minimum Gasteiger partial charge on any atom is -0.497 e. The van der Waals surface area contributed by atoms with Gasteiger partial charge in [-0.3, -0.25) is 14.0 Å². The van der Waals surface area contributed by atoms with Crippen molar-refractivity contribution < 1.29 is 22.4 Å². The minimum atomic E-state index is -3.78. The molecule has 1 aliphatic rings. The molecule has 10 heteroatoms. The number of para-hydroxylation sites is 1. The lowest BCUT2D eigenvalue weighted by Crippen LogP contribution is -2.35. The van der Waals surface area contributed by atoms with Crippen molar-refractivity contribution in [3.8, 4) is 5.75 Å². The summed E-state index contributed by atoms with van der Waals surface area (Å²) in [7, 11) is -2.18. The molecule has 0 bridgehead atoms. The van der Waals surface area contributed by atoms with E-state index in [1.54, 1.807) is 42.5 Å². The summed E-state index contributed by atoms with van der Waals surface area (Å²) in [5, 5.41) is 0.501. The van der Waals surface area contributed by atoms with E-state index in [1.165, 1.54) is 27.8 Å². The van der Waals surface area contributed by atoms with Gasteiger partial charge in [0.15, 0.2) is 5.13 Å². The van der Waals surface area contributed by atoms with Crippen molar-refractivity contribution in [3.63, 3.8) is 0 Å². The quantitative estimate of drug-likeness (QED) is 0.247. The van der Waals surface area contributed by atoms with Crippen LogP contribution in [0.5, 0.6) is 5.75 Å². The van der Waals surface area contributed by atoms with E-state index in [1.807, 2.05) is 42.5 Å². The number of methoxy groups -OCH3 is 1. The third kappa shape index (κ3) is 4.77. The Kier molecular flexibility index (Phi) is 6.58. The van der Waals surface area contributed by atoms with Crippen LogP contribution in [0, 0.1) is 0 Å². The average molecular weight is 560 g/mol. The zero-order valence-corrected chi connectivity index (χ0v) is 22.7. The van der Waals surface area contributed by atoms with Gasteiger partial charge in [0.25, 0.3) is 15.9 Å². The third-order valence-corrected chi connectivity index (χ3v) is 9.58. The number of aromatic nitrogens is 1. The van der Waals surface area contributed by atoms with E-state index in [0.717, 1.165) is 28.6 Å². The first kappa shape index (κ1) is 25.1. The number of hydrogen-bond acceptors (Lipinski definition) is 7. The smallest absolute Gasteiger partial charge is 0.264 e. The van der Waals surface area contributed by atoms with Gasteiger partial charge < -0.3 is 9.15 Å². The Labute approximate surface area is 230 Å². The molecule has 0 saturated heterocycles. The number of amides is 1. The second kappa shape index (κ2) is 10.2. The van der Waals surface area contributed by atoms with Crippen LogP contribution >= 0.6 is 11.3 Å². The molecule has 0 spiro atoms. The maximum Gasteiger partial charge on any atom is 0.264 e. The maximum absolute atomic E-state index is 13.8. The summed E-state index contributed by atoms with van der Waals surface area (Å²) in [5.74, 6) is 0.988. The summed E-state index contributed by atoms with van der Waals surface area (Å²) in [5.41, 5.74) is 2.81. The highest BCUT2D eigenvalue weighted by Crippen LogP contribution is 2.34. The van der Waals surface area contributed by atoms with Crippen LogP contribution in [0.15, 0.2) is 94.4 Å². The normalized spacial score (nSPS) is 13.3. The van der Waals surface area contributed by atoms with Crippen molar-refractivity contribution >= 4 is 48.3 Å². The van der Waals surface area contributed by atoms with E-state index in [4.69, 9.17) is 9.15 Å². The number of sulfonamides is 1. The number of rotatable bonds is 7. The summed E-state index contributed by atoms with van der Waals surface area (Å²) in [6, 6.07) is 22.8. The number of hydrogen-bond donors (Lipinski definition) is 0. The van der Waals surface area contributed by atoms with Crippen LogP contribution in [0.1, 0.15) is 28.1 Å². The van der Waals surface area contributed by atoms with Gasteiger partial charge in [0.1, 0.15) is 11.5 Å². The van der Waals surface area contributed by atoms with Crippen molar-refractivity contribution in [2.75, 3.05) is 22.9 Å². The molecule has 0 fully saturated rings. The fourth-order valence-corrected chi connectivity index (χ4v) is 7.25. The topological polar surface area (TPSA) is 93.0 Å². The standard InChI is InChI=1S/C29H25N3O5S2/c1-36-22-12-15-25-27(18-22)38-29(30-25)31(19-23-8-5-17-37-23)28(33)21-10-13-24(14-11-21)39(34,35)32-16-4-7-20-6-2-3-9-26(20)32/h2-3,5-6,8-15,17-18H,4,7,16,19H2,1H3. The fourth-order valence-electron chi connectivity index (χ4n) is 4.72. The molecule has 8 nitrogen and oxygen atoms in total. The number of thiazole rings is 1. The summed E-state index contributed by atoms with van der Waals surface area (Å²) < 4.78 is 40.3. The molecule has 2 aromatic heterocycles. The van der Waals surface area contributed by atoms with Crippen molar-refractivity contribution in [2.45, 2.75) is 24.3 Å². The molecule has 0 N–H and O–H groups in total. The highest BCUT2D eigenvalue weighted by Gasteiger charge is 2.29. The Morgan fingerprint density at radius 1 is 1.08 bits per heavy atom. The van der Waals surface area contributed by atoms with E-state index >= 15 is 0 Å². The zero-order valence-electron chi connectivity index (χ0n) is 21.1. The molecule has 1 aliphatic heterocycles. The van der Waals surface area contributed by atoms with Gasteiger partial charge in [-0.25, -0.2) is 13.4 Å². The van der Waals surface area contributed by atoms with Gasteiger partial charge in [-0.1, -0.05) is 29.5 Å². The van der Waals surface area contributed by atoms with E-state index in [2.05, 4.69) is 4.98 Å². The van der Waals surface area contributed by atoms with Gasteiger partial charge in [-0.2, -0.15) is 0 Å². The van der Waals surface area contributed by atoms with Crippen LogP contribution in [0.4, 0.5) is 10.8 Å². The lowest BCUT2D eigenvalue weighted by molar-refractivity contribution is 0.0983. The number of carbonyl (C=O) groups excluding carboxylic acids is 1. The first-order valence-electron chi connectivity index (χ1n) is 12.4. The lowest BCUT2D eigenvalue weighted by atomic mass is 10.0. The van der Waals surface area contributed by atoms with E-state index in [0.29, 0.717) is 34.4 Å². The minimum absolute atomic E-state index is 0.139. The van der Waals surface area contributed by atoms with Crippen molar-refractivity contribution in [2.24, 2.45) is 0 Å². The maximum atomic E-state index is 13.8. The van der Waals surface area contributed by atoms with Gasteiger partial charge in [-0.05, 0) is 79.1 Å². The molecule has 1 amide bonds. The van der Waals surface area contributed by atoms with Gasteiger partial charge in [0, 0.05) is 12.1 Å². The second-order valence-electron chi connectivity index (χ2n) is 9.13. The molecule has 0 aliphatic carbocycles. The number of fused-ring (bicyclic) bond motifs is 2. The van der Waals surface area contributed by atoms with E-state index in [9.17, 15) is 13.2 Å². The summed E-state index contributed by atoms with van der Waals surface area (Å²) in [6.45, 7) is 0.590. The number of carbonyl (C=O) groups is 1. The van der Waals surface area contributed by atoms with Crippen molar-refractivity contribution in [3.05, 3.63) is 102 Å². The van der Waals surface area contributed by atoms with Crippen LogP contribution in [0.25, 0.3) is 10.2 Å².